The van der Waals surface area contributed by atoms with Crippen LogP contribution in [0.5, 0.6) is 0 Å². The molecular weight excluding hydrogens is 639 g/mol. The first kappa shape index (κ1) is 39.2. The molecule has 43 heavy (non-hydrogen) atoms. The van der Waals surface area contributed by atoms with E-state index >= 15 is 0 Å². The third-order valence-corrected chi connectivity index (χ3v) is 13.1. The topological polar surface area (TPSA) is 0 Å². The van der Waals surface area contributed by atoms with E-state index < -0.39 is 8.07 Å². The first-order chi connectivity index (χ1) is 18.8. The Morgan fingerprint density at radius 3 is 1.30 bits per heavy atom. The summed E-state index contributed by atoms with van der Waals surface area (Å²) >= 11 is 0. The number of allylic oxidation sites excluding steroid dienone is 4. The maximum absolute atomic E-state index is 4.03. The monoisotopic (exact) mass is 678 g/mol. The zero-order valence-corrected chi connectivity index (χ0v) is 30.8. The summed E-state index contributed by atoms with van der Waals surface area (Å²) in [6.45, 7) is 13.8. The maximum Gasteiger partial charge on any atom is 4.00 e. The van der Waals surface area contributed by atoms with Gasteiger partial charge in [0.25, 0.3) is 0 Å². The molecule has 0 N–H and O–H groups in total. The molecule has 4 aromatic carbocycles. The van der Waals surface area contributed by atoms with Crippen LogP contribution < -0.4 is 52.8 Å². The van der Waals surface area contributed by atoms with Gasteiger partial charge in [0, 0.05) is 0 Å². The zero-order chi connectivity index (χ0) is 27.6. The third-order valence-electron chi connectivity index (χ3n) is 8.29. The molecule has 0 amide bonds. The summed E-state index contributed by atoms with van der Waals surface area (Å²) in [4.78, 5) is 0. The van der Waals surface area contributed by atoms with E-state index in [1.807, 2.05) is 0 Å². The third kappa shape index (κ3) is 8.06. The Bertz CT molecular complexity index is 1400. The minimum atomic E-state index is -2.64. The molecule has 5 rings (SSSR count). The molecule has 0 heterocycles. The van der Waals surface area contributed by atoms with Crippen molar-refractivity contribution in [1.29, 1.82) is 0 Å². The molecule has 0 fully saturated rings. The first-order valence-corrected chi connectivity index (χ1v) is 16.5. The summed E-state index contributed by atoms with van der Waals surface area (Å²) in [5.74, 6) is 1.42. The van der Waals surface area contributed by atoms with Crippen LogP contribution in [0.4, 0.5) is 0 Å². The van der Waals surface area contributed by atoms with Crippen molar-refractivity contribution in [1.82, 2.24) is 0 Å². The van der Waals surface area contributed by atoms with Gasteiger partial charge in [-0.2, -0.15) is 17.7 Å². The molecule has 0 atom stereocenters. The van der Waals surface area contributed by atoms with Crippen molar-refractivity contribution in [3.05, 3.63) is 143 Å². The van der Waals surface area contributed by atoms with Crippen LogP contribution >= 0.6 is 0 Å². The quantitative estimate of drug-likeness (QED) is 0.131. The van der Waals surface area contributed by atoms with Crippen LogP contribution in [0.3, 0.4) is 0 Å². The fourth-order valence-corrected chi connectivity index (χ4v) is 10.9. The van der Waals surface area contributed by atoms with Crippen molar-refractivity contribution in [3.63, 3.8) is 0 Å². The molecule has 1 aliphatic carbocycles. The summed E-state index contributed by atoms with van der Waals surface area (Å²) < 4.78 is 0. The summed E-state index contributed by atoms with van der Waals surface area (Å²) in [6.07, 6.45) is 7.36. The van der Waals surface area contributed by atoms with Crippen LogP contribution in [-0.2, 0) is 21.7 Å². The van der Waals surface area contributed by atoms with E-state index in [1.165, 1.54) is 48.6 Å². The second kappa shape index (κ2) is 17.0. The van der Waals surface area contributed by atoms with Gasteiger partial charge in [0.15, 0.2) is 8.07 Å². The Morgan fingerprint density at radius 2 is 0.930 bits per heavy atom. The second-order valence-electron chi connectivity index (χ2n) is 11.9. The predicted molar refractivity (Wildman–Crippen MR) is 172 cm³/mol. The minimum Gasteiger partial charge on any atom is -1.00 e. The molecule has 0 nitrogen and oxygen atoms in total. The Morgan fingerprint density at radius 1 is 0.535 bits per heavy atom. The standard InChI is InChI=1S/C38H41Si.3ClH.Ti/c1-27(2)31-15-10-18-35(23-31)39(36-19-11-16-32(24-36)28(3)4,37-20-12-17-33(25-37)29(5)6)38-22-21-34(26-38)30-13-8-7-9-14-30;;;;/h7-21,23-25,27-29H,22H2,1-6H3;3*1H;/q-1;;;;+4/p-3. The van der Waals surface area contributed by atoms with Crippen LogP contribution in [0.2, 0.25) is 0 Å². The molecule has 0 aliphatic heterocycles. The van der Waals surface area contributed by atoms with E-state index in [0.29, 0.717) is 17.8 Å². The maximum atomic E-state index is 4.03. The van der Waals surface area contributed by atoms with Crippen molar-refractivity contribution < 1.29 is 58.9 Å². The zero-order valence-electron chi connectivity index (χ0n) is 26.0. The molecule has 0 bridgehead atoms. The largest absolute Gasteiger partial charge is 4.00 e. The Balaban J connectivity index is 0.00000231. The minimum absolute atomic E-state index is 0. The van der Waals surface area contributed by atoms with Crippen LogP contribution in [-0.4, -0.2) is 8.07 Å². The van der Waals surface area contributed by atoms with Crippen molar-refractivity contribution >= 4 is 29.2 Å². The van der Waals surface area contributed by atoms with E-state index in [4.69, 9.17) is 0 Å². The molecule has 1 aliphatic rings. The van der Waals surface area contributed by atoms with Gasteiger partial charge in [0.1, 0.15) is 0 Å². The number of benzene rings is 4. The van der Waals surface area contributed by atoms with Crippen molar-refractivity contribution in [3.8, 4) is 0 Å². The Labute approximate surface area is 294 Å². The molecule has 222 valence electrons. The van der Waals surface area contributed by atoms with Gasteiger partial charge in [-0.25, -0.2) is 0 Å². The van der Waals surface area contributed by atoms with Gasteiger partial charge < -0.3 is 37.2 Å². The van der Waals surface area contributed by atoms with Gasteiger partial charge in [-0.15, -0.1) is 22.9 Å². The second-order valence-corrected chi connectivity index (χ2v) is 15.7. The average molecular weight is 680 g/mol. The van der Waals surface area contributed by atoms with E-state index in [1.54, 1.807) is 0 Å². The molecule has 0 spiro atoms. The van der Waals surface area contributed by atoms with E-state index in [9.17, 15) is 0 Å². The summed E-state index contributed by atoms with van der Waals surface area (Å²) in [5, 5.41) is 5.83. The van der Waals surface area contributed by atoms with Gasteiger partial charge in [-0.3, -0.25) is 0 Å². The fraction of sp³-hybridized carbons (Fsp3) is 0.263. The average Bonchev–Trinajstić information content (AvgIpc) is 3.45. The number of rotatable bonds is 8. The fourth-order valence-electron chi connectivity index (χ4n) is 5.94. The van der Waals surface area contributed by atoms with E-state index in [0.717, 1.165) is 6.42 Å². The smallest absolute Gasteiger partial charge is 1.00 e. The molecular formula is C38H41Cl3SiTi. The number of hydrogen-bond acceptors (Lipinski definition) is 0. The number of hydrogen-bond donors (Lipinski definition) is 0. The molecule has 0 radical (unpaired) electrons. The molecule has 0 saturated carbocycles. The molecule has 0 aromatic heterocycles. The predicted octanol–water partition coefficient (Wildman–Crippen LogP) is -0.707. The van der Waals surface area contributed by atoms with Crippen LogP contribution in [0.25, 0.3) is 5.57 Å². The van der Waals surface area contributed by atoms with Gasteiger partial charge in [-0.1, -0.05) is 139 Å². The van der Waals surface area contributed by atoms with Crippen molar-refractivity contribution in [2.45, 2.75) is 65.7 Å². The van der Waals surface area contributed by atoms with Crippen LogP contribution in [0.15, 0.2) is 114 Å². The SMILES string of the molecule is CC(C)c1cccc([Si](C2=[C-]C(c3ccccc3)=CC2)(c2cccc(C(C)C)c2)c2cccc(C(C)C)c2)c1.[Cl-].[Cl-].[Cl-].[Ti+4]. The van der Waals surface area contributed by atoms with E-state index in [2.05, 4.69) is 157 Å². The summed E-state index contributed by atoms with van der Waals surface area (Å²) in [7, 11) is -2.64. The van der Waals surface area contributed by atoms with Gasteiger partial charge in [0.05, 0.1) is 0 Å². The van der Waals surface area contributed by atoms with Crippen molar-refractivity contribution in [2.75, 3.05) is 0 Å². The Kier molecular flexibility index (Phi) is 15.5. The van der Waals surface area contributed by atoms with Crippen molar-refractivity contribution in [2.24, 2.45) is 0 Å². The Hall–Kier alpha value is -1.84. The number of halogens is 3. The molecule has 4 aromatic rings. The van der Waals surface area contributed by atoms with Crippen LogP contribution in [0, 0.1) is 6.08 Å². The first-order valence-electron chi connectivity index (χ1n) is 14.5. The summed E-state index contributed by atoms with van der Waals surface area (Å²) in [6, 6.07) is 39.2. The van der Waals surface area contributed by atoms with E-state index in [-0.39, 0.29) is 58.9 Å². The van der Waals surface area contributed by atoms with Gasteiger partial charge in [-0.05, 0) is 50.0 Å². The van der Waals surface area contributed by atoms with Gasteiger partial charge >= 0.3 is 21.7 Å². The normalized spacial score (nSPS) is 12.5. The van der Waals surface area contributed by atoms with Crippen LogP contribution in [0.1, 0.15) is 88.0 Å². The summed E-state index contributed by atoms with van der Waals surface area (Å²) in [5.41, 5.74) is 6.68. The molecule has 0 saturated heterocycles. The molecule has 5 heteroatoms. The molecule has 0 unspecified atom stereocenters. The van der Waals surface area contributed by atoms with Gasteiger partial charge in [0.2, 0.25) is 0 Å².